The van der Waals surface area contributed by atoms with Crippen molar-refractivity contribution in [3.63, 3.8) is 0 Å². The van der Waals surface area contributed by atoms with Crippen molar-refractivity contribution in [3.05, 3.63) is 249 Å². The van der Waals surface area contributed by atoms with Crippen molar-refractivity contribution in [2.45, 2.75) is 0 Å². The van der Waals surface area contributed by atoms with Gasteiger partial charge < -0.3 is 0 Å². The Hall–Kier alpha value is -9.45. The van der Waals surface area contributed by atoms with Gasteiger partial charge >= 0.3 is 0 Å². The van der Waals surface area contributed by atoms with Crippen LogP contribution in [0.25, 0.3) is 133 Å². The van der Waals surface area contributed by atoms with Gasteiger partial charge in [-0.05, 0) is 111 Å². The molecular formula is C65H41N5. The maximum atomic E-state index is 5.73. The van der Waals surface area contributed by atoms with Gasteiger partial charge in [0.2, 0.25) is 0 Å². The summed E-state index contributed by atoms with van der Waals surface area (Å²) in [5, 5.41) is 8.29. The van der Waals surface area contributed by atoms with E-state index in [1.54, 1.807) is 0 Å². The first-order valence-electron chi connectivity index (χ1n) is 23.8. The second-order valence-corrected chi connectivity index (χ2v) is 18.0. The van der Waals surface area contributed by atoms with Crippen LogP contribution in [0, 0.1) is 0 Å². The molecule has 0 unspecified atom stereocenters. The van der Waals surface area contributed by atoms with Gasteiger partial charge in [-0.1, -0.05) is 182 Å². The lowest BCUT2D eigenvalue weighted by Crippen LogP contribution is -1.98. The fourth-order valence-corrected chi connectivity index (χ4v) is 10.7. The van der Waals surface area contributed by atoms with Crippen molar-refractivity contribution in [2.24, 2.45) is 0 Å². The van der Waals surface area contributed by atoms with E-state index in [9.17, 15) is 0 Å². The average molecular weight is 892 g/mol. The van der Waals surface area contributed by atoms with Crippen LogP contribution in [-0.4, -0.2) is 24.1 Å². The van der Waals surface area contributed by atoms with E-state index in [1.165, 1.54) is 26.9 Å². The van der Waals surface area contributed by atoms with Crippen LogP contribution < -0.4 is 0 Å². The third-order valence-electron chi connectivity index (χ3n) is 13.9. The number of imidazole rings is 2. The Labute approximate surface area is 403 Å². The van der Waals surface area contributed by atoms with Crippen molar-refractivity contribution in [1.82, 2.24) is 24.1 Å². The first-order valence-corrected chi connectivity index (χ1v) is 23.8. The van der Waals surface area contributed by atoms with Gasteiger partial charge in [-0.3, -0.25) is 9.13 Å². The van der Waals surface area contributed by atoms with Crippen LogP contribution in [0.4, 0.5) is 0 Å². The van der Waals surface area contributed by atoms with Crippen LogP contribution in [0.2, 0.25) is 0 Å². The second-order valence-electron chi connectivity index (χ2n) is 18.0. The molecule has 3 aromatic heterocycles. The van der Waals surface area contributed by atoms with E-state index in [1.807, 2.05) is 12.1 Å². The third kappa shape index (κ3) is 6.44. The van der Waals surface area contributed by atoms with Crippen molar-refractivity contribution in [2.75, 3.05) is 0 Å². The molecule has 0 atom stereocenters. The highest BCUT2D eigenvalue weighted by Crippen LogP contribution is 2.43. The third-order valence-corrected chi connectivity index (χ3v) is 13.9. The minimum Gasteiger partial charge on any atom is -0.292 e. The summed E-state index contributed by atoms with van der Waals surface area (Å²) in [7, 11) is 0. The fraction of sp³-hybridized carbons (Fsp3) is 0. The highest BCUT2D eigenvalue weighted by atomic mass is 15.1. The minimum absolute atomic E-state index is 0.913. The lowest BCUT2D eigenvalue weighted by atomic mass is 9.90. The number of fused-ring (bicyclic) bond motifs is 10. The topological polar surface area (TPSA) is 48.5 Å². The van der Waals surface area contributed by atoms with Crippen LogP contribution in [0.3, 0.4) is 0 Å². The molecule has 0 saturated heterocycles. The van der Waals surface area contributed by atoms with E-state index in [0.29, 0.717) is 0 Å². The predicted molar refractivity (Wildman–Crippen MR) is 291 cm³/mol. The van der Waals surface area contributed by atoms with Crippen molar-refractivity contribution in [1.29, 1.82) is 0 Å². The molecule has 0 aliphatic rings. The Morgan fingerprint density at radius 3 is 1.16 bits per heavy atom. The molecule has 0 saturated carbocycles. The summed E-state index contributed by atoms with van der Waals surface area (Å²) in [5.74, 6) is 1.83. The molecule has 0 radical (unpaired) electrons. The summed E-state index contributed by atoms with van der Waals surface area (Å²) in [6.45, 7) is 0. The summed E-state index contributed by atoms with van der Waals surface area (Å²) in [6, 6.07) is 88.7. The van der Waals surface area contributed by atoms with Gasteiger partial charge in [0.25, 0.3) is 0 Å². The van der Waals surface area contributed by atoms with Gasteiger partial charge in [0, 0.05) is 44.2 Å². The van der Waals surface area contributed by atoms with Crippen molar-refractivity contribution in [3.8, 4) is 67.7 Å². The van der Waals surface area contributed by atoms with Gasteiger partial charge in [0.1, 0.15) is 11.6 Å². The molecule has 0 fully saturated rings. The number of para-hydroxylation sites is 4. The van der Waals surface area contributed by atoms with Gasteiger partial charge in [-0.2, -0.15) is 0 Å². The Balaban J connectivity index is 0.968. The molecular weight excluding hydrogens is 851 g/mol. The van der Waals surface area contributed by atoms with Crippen LogP contribution in [0.1, 0.15) is 0 Å². The standard InChI is InChI=1S/C65H41N5/c1-3-17-44(18-4-1)64-66-57-27-13-15-29-59(57)69(64)49-35-31-42(32-36-49)46-39-47(43-33-37-50(38-34-43)70-60-30-16-14-28-58(60)67-65(70)45-19-5-2-6-20-45)41-48(40-46)62-56-26-12-10-24-54(56)61-53-23-9-7-21-51(53)52-22-8-11-25-55(52)63(61)68-62/h1-41H. The Morgan fingerprint density at radius 2 is 0.643 bits per heavy atom. The molecule has 14 rings (SSSR count). The normalized spacial score (nSPS) is 11.7. The van der Waals surface area contributed by atoms with E-state index in [2.05, 4.69) is 246 Å². The van der Waals surface area contributed by atoms with E-state index in [-0.39, 0.29) is 0 Å². The molecule has 3 heterocycles. The highest BCUT2D eigenvalue weighted by Gasteiger charge is 2.20. The summed E-state index contributed by atoms with van der Waals surface area (Å²) in [5.41, 5.74) is 15.7. The molecule has 5 heteroatoms. The zero-order chi connectivity index (χ0) is 46.1. The quantitative estimate of drug-likeness (QED) is 0.150. The number of rotatable bonds is 7. The molecule has 326 valence electrons. The lowest BCUT2D eigenvalue weighted by molar-refractivity contribution is 1.10. The monoisotopic (exact) mass is 891 g/mol. The van der Waals surface area contributed by atoms with Gasteiger partial charge in [-0.15, -0.1) is 0 Å². The second kappa shape index (κ2) is 16.1. The fourth-order valence-electron chi connectivity index (χ4n) is 10.7. The highest BCUT2D eigenvalue weighted by molar-refractivity contribution is 6.31. The van der Waals surface area contributed by atoms with E-state index < -0.39 is 0 Å². The van der Waals surface area contributed by atoms with Gasteiger partial charge in [-0.25, -0.2) is 15.0 Å². The largest absolute Gasteiger partial charge is 0.292 e. The molecule has 0 bridgehead atoms. The van der Waals surface area contributed by atoms with Gasteiger partial charge in [0.15, 0.2) is 0 Å². The predicted octanol–water partition coefficient (Wildman–Crippen LogP) is 16.7. The molecule has 0 spiro atoms. The first-order chi connectivity index (χ1) is 34.7. The molecule has 5 nitrogen and oxygen atoms in total. The number of hydrogen-bond acceptors (Lipinski definition) is 3. The Bertz CT molecular complexity index is 4140. The van der Waals surface area contributed by atoms with E-state index in [0.717, 1.165) is 106 Å². The molecule has 0 aliphatic heterocycles. The molecule has 11 aromatic carbocycles. The van der Waals surface area contributed by atoms with Crippen molar-refractivity contribution >= 4 is 65.3 Å². The number of benzene rings is 11. The number of nitrogens with zero attached hydrogens (tertiary/aromatic N) is 5. The maximum Gasteiger partial charge on any atom is 0.145 e. The van der Waals surface area contributed by atoms with Crippen molar-refractivity contribution < 1.29 is 0 Å². The number of pyridine rings is 1. The number of hydrogen-bond donors (Lipinski definition) is 0. The molecule has 0 N–H and O–H groups in total. The molecule has 70 heavy (non-hydrogen) atoms. The first kappa shape index (κ1) is 39.7. The van der Waals surface area contributed by atoms with E-state index in [4.69, 9.17) is 15.0 Å². The molecule has 0 aliphatic carbocycles. The summed E-state index contributed by atoms with van der Waals surface area (Å²) < 4.78 is 4.54. The summed E-state index contributed by atoms with van der Waals surface area (Å²) in [6.07, 6.45) is 0. The van der Waals surface area contributed by atoms with E-state index >= 15 is 0 Å². The van der Waals surface area contributed by atoms with Crippen LogP contribution in [0.5, 0.6) is 0 Å². The number of aromatic nitrogens is 5. The minimum atomic E-state index is 0.913. The van der Waals surface area contributed by atoms with Crippen LogP contribution >= 0.6 is 0 Å². The smallest absolute Gasteiger partial charge is 0.145 e. The van der Waals surface area contributed by atoms with Crippen LogP contribution in [-0.2, 0) is 0 Å². The van der Waals surface area contributed by atoms with Gasteiger partial charge in [0.05, 0.1) is 33.3 Å². The average Bonchev–Trinajstić information content (AvgIpc) is 4.03. The summed E-state index contributed by atoms with van der Waals surface area (Å²) in [4.78, 5) is 16.0. The van der Waals surface area contributed by atoms with Crippen LogP contribution in [0.15, 0.2) is 249 Å². The Morgan fingerprint density at radius 1 is 0.257 bits per heavy atom. The zero-order valence-corrected chi connectivity index (χ0v) is 37.9. The maximum absolute atomic E-state index is 5.73. The molecule has 0 amide bonds. The summed E-state index contributed by atoms with van der Waals surface area (Å²) >= 11 is 0. The Kier molecular flexibility index (Phi) is 9.14. The SMILES string of the molecule is c1ccc(-c2nc3ccccc3n2-c2ccc(-c3cc(-c4ccc(-n5c(-c6ccccc6)nc6ccccc65)cc4)cc(-c4nc5c6ccccc6c6ccccc6c5c5ccccc45)c3)cc2)cc1. The lowest BCUT2D eigenvalue weighted by Gasteiger charge is -2.17. The zero-order valence-electron chi connectivity index (χ0n) is 37.9. The molecule has 14 aromatic rings.